The highest BCUT2D eigenvalue weighted by Gasteiger charge is 2.14. The highest BCUT2D eigenvalue weighted by atomic mass is 32.2. The van der Waals surface area contributed by atoms with Gasteiger partial charge >= 0.3 is 0 Å². The molecule has 6 nitrogen and oxygen atoms in total. The van der Waals surface area contributed by atoms with Gasteiger partial charge in [-0.2, -0.15) is 0 Å². The number of nitrogens with one attached hydrogen (secondary N) is 1. The fourth-order valence-corrected chi connectivity index (χ4v) is 4.78. The van der Waals surface area contributed by atoms with Crippen LogP contribution in [0.5, 0.6) is 0 Å². The van der Waals surface area contributed by atoms with E-state index in [-0.39, 0.29) is 5.91 Å². The number of rotatable bonds is 8. The number of hydrogen-bond donors (Lipinski definition) is 1. The van der Waals surface area contributed by atoms with Gasteiger partial charge in [0.25, 0.3) is 0 Å². The van der Waals surface area contributed by atoms with Gasteiger partial charge in [-0.25, -0.2) is 4.98 Å². The fourth-order valence-electron chi connectivity index (χ4n) is 3.82. The summed E-state index contributed by atoms with van der Waals surface area (Å²) in [4.78, 5) is 21.8. The quantitative estimate of drug-likeness (QED) is 0.549. The first kappa shape index (κ1) is 21.9. The van der Waals surface area contributed by atoms with Crippen molar-refractivity contribution >= 4 is 28.6 Å². The van der Waals surface area contributed by atoms with Gasteiger partial charge in [0.05, 0.1) is 5.52 Å². The van der Waals surface area contributed by atoms with Crippen molar-refractivity contribution in [3.63, 3.8) is 0 Å². The van der Waals surface area contributed by atoms with Crippen LogP contribution in [0.1, 0.15) is 11.1 Å². The molecule has 1 N–H and O–H groups in total. The van der Waals surface area contributed by atoms with E-state index in [0.29, 0.717) is 13.1 Å². The standard InChI is InChI=1S/C24H31N5OS/c1-19-3-5-20(6-4-19)18-31-24-21-8-11-29(22(21)7-9-26-24)17-23(30)25-10-12-28-15-13-27(2)14-16-28/h3-9,11H,10,12-18H2,1-2H3,(H,25,30). The van der Waals surface area contributed by atoms with E-state index in [4.69, 9.17) is 0 Å². The summed E-state index contributed by atoms with van der Waals surface area (Å²) < 4.78 is 2.01. The molecule has 3 aromatic rings. The third-order valence-electron chi connectivity index (χ3n) is 5.82. The van der Waals surface area contributed by atoms with Crippen molar-refractivity contribution in [3.8, 4) is 0 Å². The van der Waals surface area contributed by atoms with Crippen LogP contribution in [-0.2, 0) is 17.1 Å². The van der Waals surface area contributed by atoms with Crippen LogP contribution in [0, 0.1) is 6.92 Å². The number of piperazine rings is 1. The first-order valence-corrected chi connectivity index (χ1v) is 11.9. The third kappa shape index (κ3) is 5.87. The first-order chi connectivity index (χ1) is 15.1. The predicted molar refractivity (Wildman–Crippen MR) is 127 cm³/mol. The van der Waals surface area contributed by atoms with Crippen molar-refractivity contribution in [2.24, 2.45) is 0 Å². The number of aryl methyl sites for hydroxylation is 1. The second-order valence-corrected chi connectivity index (χ2v) is 9.23. The minimum absolute atomic E-state index is 0.0531. The number of amides is 1. The fraction of sp³-hybridized carbons (Fsp3) is 0.417. The molecule has 1 aromatic carbocycles. The molecular formula is C24H31N5OS. The number of fused-ring (bicyclic) bond motifs is 1. The Bertz CT molecular complexity index is 1010. The Balaban J connectivity index is 1.31. The van der Waals surface area contributed by atoms with E-state index >= 15 is 0 Å². The average molecular weight is 438 g/mol. The zero-order valence-corrected chi connectivity index (χ0v) is 19.2. The molecule has 0 saturated carbocycles. The van der Waals surface area contributed by atoms with Gasteiger partial charge in [0, 0.05) is 62.8 Å². The Morgan fingerprint density at radius 3 is 2.65 bits per heavy atom. The summed E-state index contributed by atoms with van der Waals surface area (Å²) in [5.41, 5.74) is 3.61. The molecule has 1 amide bonds. The van der Waals surface area contributed by atoms with E-state index in [0.717, 1.165) is 54.4 Å². The van der Waals surface area contributed by atoms with Gasteiger partial charge in [-0.15, -0.1) is 11.8 Å². The lowest BCUT2D eigenvalue weighted by Gasteiger charge is -2.32. The third-order valence-corrected chi connectivity index (χ3v) is 6.89. The van der Waals surface area contributed by atoms with Crippen LogP contribution in [0.2, 0.25) is 0 Å². The molecule has 2 aromatic heterocycles. The number of benzene rings is 1. The molecule has 164 valence electrons. The molecule has 1 aliphatic rings. The van der Waals surface area contributed by atoms with Gasteiger partial charge in [0.2, 0.25) is 5.91 Å². The maximum Gasteiger partial charge on any atom is 0.239 e. The number of thioether (sulfide) groups is 1. The monoisotopic (exact) mass is 437 g/mol. The summed E-state index contributed by atoms with van der Waals surface area (Å²) in [5.74, 6) is 0.932. The minimum Gasteiger partial charge on any atom is -0.353 e. The largest absolute Gasteiger partial charge is 0.353 e. The Hall–Kier alpha value is -2.35. The van der Waals surface area contributed by atoms with Crippen LogP contribution >= 0.6 is 11.8 Å². The molecule has 1 aliphatic heterocycles. The first-order valence-electron chi connectivity index (χ1n) is 10.9. The molecular weight excluding hydrogens is 406 g/mol. The molecule has 3 heterocycles. The summed E-state index contributed by atoms with van der Waals surface area (Å²) in [6, 6.07) is 12.7. The maximum absolute atomic E-state index is 12.5. The van der Waals surface area contributed by atoms with E-state index in [1.807, 2.05) is 23.0 Å². The van der Waals surface area contributed by atoms with Crippen LogP contribution < -0.4 is 5.32 Å². The van der Waals surface area contributed by atoms with Crippen molar-refractivity contribution in [1.29, 1.82) is 0 Å². The lowest BCUT2D eigenvalue weighted by atomic mass is 10.2. The number of aromatic nitrogens is 2. The summed E-state index contributed by atoms with van der Waals surface area (Å²) in [7, 11) is 2.16. The number of hydrogen-bond acceptors (Lipinski definition) is 5. The number of nitrogens with zero attached hydrogens (tertiary/aromatic N) is 4. The SMILES string of the molecule is Cc1ccc(CSc2nccc3c2ccn3CC(=O)NCCN2CCN(C)CC2)cc1. The number of carbonyl (C=O) groups is 1. The van der Waals surface area contributed by atoms with Crippen LogP contribution in [-0.4, -0.2) is 71.6 Å². The normalized spacial score (nSPS) is 15.4. The highest BCUT2D eigenvalue weighted by Crippen LogP contribution is 2.29. The van der Waals surface area contributed by atoms with Crippen molar-refractivity contribution in [1.82, 2.24) is 24.7 Å². The molecule has 7 heteroatoms. The number of carbonyl (C=O) groups excluding carboxylic acids is 1. The molecule has 0 unspecified atom stereocenters. The molecule has 1 saturated heterocycles. The minimum atomic E-state index is 0.0531. The molecule has 0 atom stereocenters. The summed E-state index contributed by atoms with van der Waals surface area (Å²) in [6.45, 7) is 8.39. The lowest BCUT2D eigenvalue weighted by Crippen LogP contribution is -2.47. The van der Waals surface area contributed by atoms with Crippen molar-refractivity contribution in [2.75, 3.05) is 46.3 Å². The van der Waals surface area contributed by atoms with Crippen LogP contribution in [0.15, 0.2) is 53.8 Å². The average Bonchev–Trinajstić information content (AvgIpc) is 3.18. The van der Waals surface area contributed by atoms with E-state index in [2.05, 4.69) is 64.4 Å². The van der Waals surface area contributed by atoms with Gasteiger partial charge in [-0.3, -0.25) is 9.69 Å². The smallest absolute Gasteiger partial charge is 0.239 e. The Morgan fingerprint density at radius 1 is 1.10 bits per heavy atom. The molecule has 0 radical (unpaired) electrons. The van der Waals surface area contributed by atoms with Crippen LogP contribution in [0.4, 0.5) is 0 Å². The van der Waals surface area contributed by atoms with Crippen LogP contribution in [0.25, 0.3) is 10.9 Å². The second kappa shape index (κ2) is 10.3. The number of likely N-dealkylation sites (N-methyl/N-ethyl adjacent to an activating group) is 1. The molecule has 0 aliphatic carbocycles. The van der Waals surface area contributed by atoms with Gasteiger partial charge < -0.3 is 14.8 Å². The van der Waals surface area contributed by atoms with Gasteiger partial charge in [0.1, 0.15) is 11.6 Å². The Kier molecular flexibility index (Phi) is 7.27. The van der Waals surface area contributed by atoms with Crippen molar-refractivity contribution in [2.45, 2.75) is 24.2 Å². The van der Waals surface area contributed by atoms with E-state index < -0.39 is 0 Å². The Labute approximate surface area is 188 Å². The molecule has 0 bridgehead atoms. The zero-order valence-electron chi connectivity index (χ0n) is 18.4. The van der Waals surface area contributed by atoms with E-state index in [9.17, 15) is 4.79 Å². The summed E-state index contributed by atoms with van der Waals surface area (Å²) >= 11 is 1.74. The zero-order chi connectivity index (χ0) is 21.6. The lowest BCUT2D eigenvalue weighted by molar-refractivity contribution is -0.121. The molecule has 31 heavy (non-hydrogen) atoms. The number of pyridine rings is 1. The second-order valence-electron chi connectivity index (χ2n) is 8.26. The van der Waals surface area contributed by atoms with Crippen molar-refractivity contribution < 1.29 is 4.79 Å². The van der Waals surface area contributed by atoms with Crippen molar-refractivity contribution in [3.05, 3.63) is 59.9 Å². The molecule has 0 spiro atoms. The molecule has 4 rings (SSSR count). The van der Waals surface area contributed by atoms with E-state index in [1.165, 1.54) is 11.1 Å². The topological polar surface area (TPSA) is 53.4 Å². The van der Waals surface area contributed by atoms with Gasteiger partial charge in [0.15, 0.2) is 0 Å². The van der Waals surface area contributed by atoms with Crippen LogP contribution in [0.3, 0.4) is 0 Å². The van der Waals surface area contributed by atoms with Gasteiger partial charge in [-0.1, -0.05) is 29.8 Å². The molecule has 1 fully saturated rings. The van der Waals surface area contributed by atoms with Gasteiger partial charge in [-0.05, 0) is 31.7 Å². The Morgan fingerprint density at radius 2 is 1.87 bits per heavy atom. The summed E-state index contributed by atoms with van der Waals surface area (Å²) in [6.07, 6.45) is 3.82. The predicted octanol–water partition coefficient (Wildman–Crippen LogP) is 3.00. The summed E-state index contributed by atoms with van der Waals surface area (Å²) in [5, 5.41) is 5.18. The van der Waals surface area contributed by atoms with E-state index in [1.54, 1.807) is 11.8 Å². The highest BCUT2D eigenvalue weighted by molar-refractivity contribution is 7.98. The maximum atomic E-state index is 12.5.